The second kappa shape index (κ2) is 51.1. The number of carbonyl (C=O) groups is 2. The van der Waals surface area contributed by atoms with E-state index < -0.39 is 30.4 Å². The lowest BCUT2D eigenvalue weighted by molar-refractivity contribution is -0.153. The molecule has 0 aromatic heterocycles. The van der Waals surface area contributed by atoms with Gasteiger partial charge in [0.1, 0.15) is 6.10 Å². The van der Waals surface area contributed by atoms with Crippen LogP contribution in [-0.4, -0.2) is 142 Å². The second-order valence-electron chi connectivity index (χ2n) is 22.8. The Balaban J connectivity index is 0.000000760. The molecule has 0 aliphatic carbocycles. The Hall–Kier alpha value is -1.38. The van der Waals surface area contributed by atoms with Crippen molar-refractivity contribution in [3.63, 3.8) is 0 Å². The van der Waals surface area contributed by atoms with E-state index in [1.807, 2.05) is 0 Å². The average molecular weight is 1060 g/mol. The summed E-state index contributed by atoms with van der Waals surface area (Å²) in [4.78, 5) is 27.7. The van der Waals surface area contributed by atoms with Crippen molar-refractivity contribution in [3.05, 3.63) is 0 Å². The van der Waals surface area contributed by atoms with Crippen LogP contribution in [0.4, 0.5) is 0 Å². The zero-order valence-corrected chi connectivity index (χ0v) is 48.9. The maximum atomic E-state index is 12.5. The topological polar surface area (TPSA) is 169 Å². The summed E-state index contributed by atoms with van der Waals surface area (Å²) in [5.74, 6) is -0.998. The van der Waals surface area contributed by atoms with E-state index in [2.05, 4.69) is 37.5 Å². The number of rotatable bonds is 53. The fraction of sp³-hybridized carbons (Fsp3) is 0.968. The van der Waals surface area contributed by atoms with Gasteiger partial charge in [-0.15, -0.1) is 0 Å². The van der Waals surface area contributed by atoms with Crippen molar-refractivity contribution in [3.8, 4) is 0 Å². The molecular formula is C62H122N2O10. The fourth-order valence-corrected chi connectivity index (χ4v) is 10.8. The Morgan fingerprint density at radius 3 is 1.08 bits per heavy atom. The molecule has 12 nitrogen and oxygen atoms in total. The number of aliphatic hydroxyl groups excluding tert-OH is 4. The first-order valence-electron chi connectivity index (χ1n) is 31.8. The van der Waals surface area contributed by atoms with Crippen molar-refractivity contribution in [1.82, 2.24) is 9.80 Å². The van der Waals surface area contributed by atoms with E-state index in [9.17, 15) is 30.0 Å². The highest BCUT2D eigenvalue weighted by Crippen LogP contribution is 2.29. The molecule has 2 rings (SSSR count). The molecule has 0 aromatic carbocycles. The quantitative estimate of drug-likeness (QED) is 0.0289. The van der Waals surface area contributed by atoms with Crippen molar-refractivity contribution < 1.29 is 49.3 Å². The Bertz CT molecular complexity index is 1180. The van der Waals surface area contributed by atoms with Crippen LogP contribution in [0.2, 0.25) is 0 Å². The van der Waals surface area contributed by atoms with Crippen LogP contribution in [0.5, 0.6) is 0 Å². The van der Waals surface area contributed by atoms with Crippen molar-refractivity contribution >= 4 is 11.9 Å². The van der Waals surface area contributed by atoms with Gasteiger partial charge in [-0.2, -0.15) is 0 Å². The summed E-state index contributed by atoms with van der Waals surface area (Å²) in [5, 5.41) is 51.5. The van der Waals surface area contributed by atoms with Gasteiger partial charge in [0.25, 0.3) is 0 Å². The maximum absolute atomic E-state index is 12.5. The van der Waals surface area contributed by atoms with Crippen LogP contribution < -0.4 is 0 Å². The van der Waals surface area contributed by atoms with Gasteiger partial charge in [-0.25, -0.2) is 0 Å². The highest BCUT2D eigenvalue weighted by Gasteiger charge is 2.44. The van der Waals surface area contributed by atoms with Crippen LogP contribution in [0.15, 0.2) is 0 Å². The summed E-state index contributed by atoms with van der Waals surface area (Å²) in [5.41, 5.74) is 0. The van der Waals surface area contributed by atoms with E-state index in [0.717, 1.165) is 57.8 Å². The van der Waals surface area contributed by atoms with Gasteiger partial charge < -0.3 is 39.7 Å². The fourth-order valence-electron chi connectivity index (χ4n) is 10.8. The smallest absolute Gasteiger partial charge is 0.306 e. The van der Waals surface area contributed by atoms with Crippen LogP contribution in [0.1, 0.15) is 291 Å². The second-order valence-corrected chi connectivity index (χ2v) is 22.8. The van der Waals surface area contributed by atoms with Crippen molar-refractivity contribution in [1.29, 1.82) is 0 Å². The van der Waals surface area contributed by atoms with E-state index in [1.165, 1.54) is 180 Å². The minimum absolute atomic E-state index is 0.0633. The standard InChI is InChI=1S/C34H65NO6.C28H57NO4/c1-3-5-7-9-11-13-15-17-20-29(36)26-35(27-30(37)21-18-16-14-12-10-8-6-4-2)24-19-22-33(38)41-32-28-40-31-23-25-39-34(31)32;1-3-5-7-9-11-13-15-17-20-26(30)24-29(23-19-22-28(32)33)25-27(31)21-18-16-14-12-10-8-6-4-2/h29-32,34,36-37H,3-28H2,1-2H3;26-27,30-31H,3-25H2,1-2H3,(H,32,33). The van der Waals surface area contributed by atoms with Gasteiger partial charge in [-0.3, -0.25) is 19.4 Å². The number of fused-ring (bicyclic) bond motifs is 1. The molecule has 2 fully saturated rings. The van der Waals surface area contributed by atoms with Gasteiger partial charge in [-0.05, 0) is 58.0 Å². The summed E-state index contributed by atoms with van der Waals surface area (Å²) in [6.45, 7) is 13.5. The van der Waals surface area contributed by atoms with Crippen LogP contribution >= 0.6 is 0 Å². The summed E-state index contributed by atoms with van der Waals surface area (Å²) in [7, 11) is 0. The summed E-state index contributed by atoms with van der Waals surface area (Å²) >= 11 is 0. The highest BCUT2D eigenvalue weighted by atomic mass is 16.6. The molecule has 0 bridgehead atoms. The van der Waals surface area contributed by atoms with Gasteiger partial charge >= 0.3 is 11.9 Å². The molecule has 74 heavy (non-hydrogen) atoms. The number of ether oxygens (including phenoxy) is 3. The van der Waals surface area contributed by atoms with Gasteiger partial charge in [0, 0.05) is 45.6 Å². The van der Waals surface area contributed by atoms with Crippen LogP contribution in [0, 0.1) is 0 Å². The van der Waals surface area contributed by atoms with E-state index in [0.29, 0.717) is 71.7 Å². The predicted molar refractivity (Wildman–Crippen MR) is 306 cm³/mol. The zero-order valence-electron chi connectivity index (χ0n) is 48.9. The summed E-state index contributed by atoms with van der Waals surface area (Å²) in [6.07, 6.45) is 43.9. The lowest BCUT2D eigenvalue weighted by Crippen LogP contribution is -2.39. The van der Waals surface area contributed by atoms with E-state index in [4.69, 9.17) is 19.3 Å². The first kappa shape index (κ1) is 70.6. The Morgan fingerprint density at radius 1 is 0.446 bits per heavy atom. The molecule has 2 heterocycles. The number of carboxylic acid groups (broad SMARTS) is 1. The predicted octanol–water partition coefficient (Wildman–Crippen LogP) is 13.9. The highest BCUT2D eigenvalue weighted by molar-refractivity contribution is 5.69. The molecule has 0 amide bonds. The average Bonchev–Trinajstić information content (AvgIpc) is 4.00. The Labute approximate surface area is 455 Å². The minimum atomic E-state index is -0.783. The van der Waals surface area contributed by atoms with Gasteiger partial charge in [0.05, 0.1) is 37.1 Å². The number of hydrogen-bond donors (Lipinski definition) is 5. The molecule has 12 heteroatoms. The number of carboxylic acids is 1. The molecule has 0 radical (unpaired) electrons. The van der Waals surface area contributed by atoms with E-state index >= 15 is 0 Å². The molecule has 5 N–H and O–H groups in total. The van der Waals surface area contributed by atoms with Crippen molar-refractivity contribution in [2.75, 3.05) is 52.5 Å². The number of aliphatic carboxylic acids is 1. The number of hydrogen-bond acceptors (Lipinski definition) is 11. The van der Waals surface area contributed by atoms with Gasteiger partial charge in [0.2, 0.25) is 0 Å². The Morgan fingerprint density at radius 2 is 0.757 bits per heavy atom. The third-order valence-corrected chi connectivity index (χ3v) is 15.4. The monoisotopic (exact) mass is 1050 g/mol. The largest absolute Gasteiger partial charge is 0.481 e. The first-order valence-corrected chi connectivity index (χ1v) is 31.8. The SMILES string of the molecule is CCCCCCCCCCC(O)CN(CCCC(=O)O)CC(O)CCCCCCCCCC.CCCCCCCCCCC(O)CN(CCCC(=O)OC1COC2CCOC21)CC(O)CCCCCCCCCC. The third-order valence-electron chi connectivity index (χ3n) is 15.4. The van der Waals surface area contributed by atoms with E-state index in [1.54, 1.807) is 0 Å². The number of nitrogens with zero attached hydrogens (tertiary/aromatic N) is 2. The first-order chi connectivity index (χ1) is 36.0. The van der Waals surface area contributed by atoms with Crippen molar-refractivity contribution in [2.24, 2.45) is 0 Å². The molecule has 7 atom stereocenters. The molecule has 440 valence electrons. The molecular weight excluding hydrogens is 933 g/mol. The van der Waals surface area contributed by atoms with Crippen LogP contribution in [0.25, 0.3) is 0 Å². The minimum Gasteiger partial charge on any atom is -0.481 e. The third kappa shape index (κ3) is 42.6. The zero-order chi connectivity index (χ0) is 54.1. The normalized spacial score (nSPS) is 18.1. The van der Waals surface area contributed by atoms with Crippen LogP contribution in [0.3, 0.4) is 0 Å². The number of carbonyl (C=O) groups excluding carboxylic acids is 1. The number of esters is 1. The number of aliphatic hydroxyl groups is 4. The lowest BCUT2D eigenvalue weighted by atomic mass is 10.0. The van der Waals surface area contributed by atoms with Crippen molar-refractivity contribution in [2.45, 2.75) is 334 Å². The maximum Gasteiger partial charge on any atom is 0.306 e. The van der Waals surface area contributed by atoms with Gasteiger partial charge in [0.15, 0.2) is 6.10 Å². The Kier molecular flexibility index (Phi) is 48.8. The van der Waals surface area contributed by atoms with Gasteiger partial charge in [-0.1, -0.05) is 233 Å². The summed E-state index contributed by atoms with van der Waals surface area (Å²) < 4.78 is 17.1. The molecule has 2 aliphatic heterocycles. The molecule has 2 saturated heterocycles. The van der Waals surface area contributed by atoms with Crippen LogP contribution in [-0.2, 0) is 23.8 Å². The molecule has 0 saturated carbocycles. The van der Waals surface area contributed by atoms with E-state index in [-0.39, 0.29) is 30.7 Å². The lowest BCUT2D eigenvalue weighted by Gasteiger charge is -2.27. The number of unbranched alkanes of at least 4 members (excludes halogenated alkanes) is 28. The summed E-state index contributed by atoms with van der Waals surface area (Å²) in [6, 6.07) is 0. The molecule has 7 unspecified atom stereocenters. The molecule has 0 spiro atoms. The molecule has 0 aromatic rings. The molecule has 2 aliphatic rings.